The van der Waals surface area contributed by atoms with Crippen LogP contribution in [0.25, 0.3) is 0 Å². The number of hydrogen-bond donors (Lipinski definition) is 1. The molecule has 1 saturated heterocycles. The summed E-state index contributed by atoms with van der Waals surface area (Å²) in [6.45, 7) is 1.90. The van der Waals surface area contributed by atoms with Gasteiger partial charge in [-0.05, 0) is 49.8 Å². The second-order valence-corrected chi connectivity index (χ2v) is 7.63. The fraction of sp³-hybridized carbons (Fsp3) is 0.500. The topological polar surface area (TPSA) is 67.4 Å². The standard InChI is InChI=1S/C18H22N4O2S/c23-18(21-17-20-15-3-1-2-4-16(15)25-17)22-10-7-14(11-22)24-12-13-5-8-19-9-6-13/h5-6,8-9,14H,1-4,7,10-12H2,(H,20,21,23). The van der Waals surface area contributed by atoms with E-state index < -0.39 is 0 Å². The van der Waals surface area contributed by atoms with Crippen molar-refractivity contribution in [2.24, 2.45) is 0 Å². The summed E-state index contributed by atoms with van der Waals surface area (Å²) in [5.74, 6) is 0. The number of nitrogens with zero attached hydrogens (tertiary/aromatic N) is 3. The minimum Gasteiger partial charge on any atom is -0.372 e. The molecule has 1 aliphatic heterocycles. The maximum absolute atomic E-state index is 12.5. The number of urea groups is 1. The molecule has 2 aliphatic rings. The number of aryl methyl sites for hydroxylation is 2. The van der Waals surface area contributed by atoms with Crippen molar-refractivity contribution in [3.63, 3.8) is 0 Å². The molecule has 0 spiro atoms. The smallest absolute Gasteiger partial charge is 0.323 e. The predicted molar refractivity (Wildman–Crippen MR) is 96.8 cm³/mol. The molecule has 7 heteroatoms. The van der Waals surface area contributed by atoms with E-state index in [0.717, 1.165) is 36.5 Å². The maximum Gasteiger partial charge on any atom is 0.323 e. The second kappa shape index (κ2) is 7.49. The van der Waals surface area contributed by atoms with Crippen LogP contribution in [0.5, 0.6) is 0 Å². The van der Waals surface area contributed by atoms with Gasteiger partial charge in [0, 0.05) is 30.4 Å². The Bertz CT molecular complexity index is 710. The first-order chi connectivity index (χ1) is 12.3. The van der Waals surface area contributed by atoms with Crippen molar-refractivity contribution < 1.29 is 9.53 Å². The predicted octanol–water partition coefficient (Wildman–Crippen LogP) is 3.24. The summed E-state index contributed by atoms with van der Waals surface area (Å²) in [5.41, 5.74) is 2.28. The number of rotatable bonds is 4. The largest absolute Gasteiger partial charge is 0.372 e. The van der Waals surface area contributed by atoms with Gasteiger partial charge in [0.15, 0.2) is 5.13 Å². The Hall–Kier alpha value is -1.99. The van der Waals surface area contributed by atoms with Gasteiger partial charge in [-0.1, -0.05) is 0 Å². The highest BCUT2D eigenvalue weighted by Gasteiger charge is 2.27. The minimum absolute atomic E-state index is 0.0684. The lowest BCUT2D eigenvalue weighted by molar-refractivity contribution is 0.0490. The molecule has 4 rings (SSSR count). The van der Waals surface area contributed by atoms with Gasteiger partial charge >= 0.3 is 6.03 Å². The Kier molecular flexibility index (Phi) is 4.94. The van der Waals surface area contributed by atoms with E-state index >= 15 is 0 Å². The minimum atomic E-state index is -0.0684. The molecule has 0 radical (unpaired) electrons. The second-order valence-electron chi connectivity index (χ2n) is 6.55. The number of ether oxygens (including phenoxy) is 1. The molecule has 1 aliphatic carbocycles. The van der Waals surface area contributed by atoms with Gasteiger partial charge in [0.25, 0.3) is 0 Å². The Labute approximate surface area is 151 Å². The van der Waals surface area contributed by atoms with E-state index in [1.165, 1.54) is 23.4 Å². The van der Waals surface area contributed by atoms with Gasteiger partial charge in [0.05, 0.1) is 18.4 Å². The summed E-state index contributed by atoms with van der Waals surface area (Å²) in [6, 6.07) is 3.83. The van der Waals surface area contributed by atoms with E-state index in [-0.39, 0.29) is 12.1 Å². The summed E-state index contributed by atoms with van der Waals surface area (Å²) in [5, 5.41) is 3.70. The summed E-state index contributed by atoms with van der Waals surface area (Å²) in [6.07, 6.45) is 9.04. The normalized spacial score (nSPS) is 19.7. The van der Waals surface area contributed by atoms with Crippen LogP contribution in [0.3, 0.4) is 0 Å². The van der Waals surface area contributed by atoms with E-state index in [0.29, 0.717) is 13.2 Å². The highest BCUT2D eigenvalue weighted by molar-refractivity contribution is 7.15. The number of nitrogens with one attached hydrogen (secondary N) is 1. The van der Waals surface area contributed by atoms with Gasteiger partial charge in [-0.2, -0.15) is 0 Å². The number of anilines is 1. The van der Waals surface area contributed by atoms with E-state index in [2.05, 4.69) is 15.3 Å². The molecule has 1 fully saturated rings. The molecule has 2 aromatic heterocycles. The van der Waals surface area contributed by atoms with E-state index in [4.69, 9.17) is 4.74 Å². The van der Waals surface area contributed by atoms with Crippen LogP contribution in [0.2, 0.25) is 0 Å². The third kappa shape index (κ3) is 3.99. The molecule has 1 unspecified atom stereocenters. The van der Waals surface area contributed by atoms with Crippen molar-refractivity contribution in [2.45, 2.75) is 44.8 Å². The summed E-state index contributed by atoms with van der Waals surface area (Å²) < 4.78 is 5.92. The third-order valence-electron chi connectivity index (χ3n) is 4.73. The van der Waals surface area contributed by atoms with Crippen molar-refractivity contribution >= 4 is 22.5 Å². The number of hydrogen-bond acceptors (Lipinski definition) is 5. The van der Waals surface area contributed by atoms with Crippen LogP contribution >= 0.6 is 11.3 Å². The number of carbonyl (C=O) groups is 1. The molecule has 0 aromatic carbocycles. The van der Waals surface area contributed by atoms with E-state index in [1.54, 1.807) is 23.7 Å². The van der Waals surface area contributed by atoms with Gasteiger partial charge in [-0.15, -0.1) is 11.3 Å². The highest BCUT2D eigenvalue weighted by atomic mass is 32.1. The van der Waals surface area contributed by atoms with Crippen molar-refractivity contribution in [2.75, 3.05) is 18.4 Å². The fourth-order valence-electron chi connectivity index (χ4n) is 3.32. The van der Waals surface area contributed by atoms with Crippen molar-refractivity contribution in [3.8, 4) is 0 Å². The molecular formula is C18H22N4O2S. The molecule has 0 saturated carbocycles. The summed E-state index contributed by atoms with van der Waals surface area (Å²) >= 11 is 1.62. The monoisotopic (exact) mass is 358 g/mol. The maximum atomic E-state index is 12.5. The molecule has 1 atom stereocenters. The number of pyridine rings is 1. The van der Waals surface area contributed by atoms with Crippen LogP contribution in [-0.4, -0.2) is 40.1 Å². The third-order valence-corrected chi connectivity index (χ3v) is 5.80. The fourth-order valence-corrected chi connectivity index (χ4v) is 4.36. The lowest BCUT2D eigenvalue weighted by Gasteiger charge is -2.16. The molecule has 2 aromatic rings. The first kappa shape index (κ1) is 16.5. The molecule has 25 heavy (non-hydrogen) atoms. The Morgan fingerprint density at radius 3 is 3.00 bits per heavy atom. The molecule has 6 nitrogen and oxygen atoms in total. The number of carbonyl (C=O) groups excluding carboxylic acids is 1. The van der Waals surface area contributed by atoms with E-state index in [1.807, 2.05) is 17.0 Å². The quantitative estimate of drug-likeness (QED) is 0.911. The van der Waals surface area contributed by atoms with Gasteiger partial charge in [0.2, 0.25) is 0 Å². The zero-order valence-electron chi connectivity index (χ0n) is 14.1. The zero-order valence-corrected chi connectivity index (χ0v) is 14.9. The van der Waals surface area contributed by atoms with Crippen LogP contribution in [-0.2, 0) is 24.2 Å². The summed E-state index contributed by atoms with van der Waals surface area (Å²) in [4.78, 5) is 24.2. The molecule has 2 amide bonds. The van der Waals surface area contributed by atoms with Crippen LogP contribution in [0, 0.1) is 0 Å². The average molecular weight is 358 g/mol. The van der Waals surface area contributed by atoms with Gasteiger partial charge in [0.1, 0.15) is 0 Å². The molecule has 0 bridgehead atoms. The Morgan fingerprint density at radius 2 is 2.16 bits per heavy atom. The van der Waals surface area contributed by atoms with Crippen molar-refractivity contribution in [3.05, 3.63) is 40.7 Å². The zero-order chi connectivity index (χ0) is 17.1. The van der Waals surface area contributed by atoms with E-state index in [9.17, 15) is 4.79 Å². The average Bonchev–Trinajstić information content (AvgIpc) is 3.27. The SMILES string of the molecule is O=C(Nc1nc2c(s1)CCCC2)N1CCC(OCc2ccncc2)C1. The van der Waals surface area contributed by atoms with Crippen molar-refractivity contribution in [1.29, 1.82) is 0 Å². The van der Waals surface area contributed by atoms with Crippen molar-refractivity contribution in [1.82, 2.24) is 14.9 Å². The Morgan fingerprint density at radius 1 is 1.32 bits per heavy atom. The molecule has 3 heterocycles. The van der Waals surface area contributed by atoms with Gasteiger partial charge in [-0.3, -0.25) is 10.3 Å². The number of fused-ring (bicyclic) bond motifs is 1. The molecular weight excluding hydrogens is 336 g/mol. The number of aromatic nitrogens is 2. The molecule has 132 valence electrons. The number of thiazole rings is 1. The van der Waals surface area contributed by atoms with Crippen LogP contribution < -0.4 is 5.32 Å². The lowest BCUT2D eigenvalue weighted by atomic mass is 10.0. The number of likely N-dealkylation sites (tertiary alicyclic amines) is 1. The first-order valence-electron chi connectivity index (χ1n) is 8.83. The van der Waals surface area contributed by atoms with Crippen LogP contribution in [0.1, 0.15) is 35.4 Å². The number of amides is 2. The Balaban J connectivity index is 1.28. The van der Waals surface area contributed by atoms with Gasteiger partial charge in [-0.25, -0.2) is 9.78 Å². The summed E-state index contributed by atoms with van der Waals surface area (Å²) in [7, 11) is 0. The molecule has 1 N–H and O–H groups in total. The highest BCUT2D eigenvalue weighted by Crippen LogP contribution is 2.29. The van der Waals surface area contributed by atoms with Crippen LogP contribution in [0.4, 0.5) is 9.93 Å². The van der Waals surface area contributed by atoms with Crippen LogP contribution in [0.15, 0.2) is 24.5 Å². The van der Waals surface area contributed by atoms with Gasteiger partial charge < -0.3 is 9.64 Å². The lowest BCUT2D eigenvalue weighted by Crippen LogP contribution is -2.34. The first-order valence-corrected chi connectivity index (χ1v) is 9.64.